The number of thiophene rings is 1. The average Bonchev–Trinajstić information content (AvgIpc) is 2.96. The molecule has 2 heterocycles. The Morgan fingerprint density at radius 1 is 1.36 bits per heavy atom. The molecule has 0 unspecified atom stereocenters. The van der Waals surface area contributed by atoms with Crippen molar-refractivity contribution in [1.29, 1.82) is 0 Å². The molecule has 7 heteroatoms. The van der Waals surface area contributed by atoms with Crippen molar-refractivity contribution < 1.29 is 4.79 Å². The number of rotatable bonds is 3. The number of carbonyl (C=O) groups excluding carboxylic acids is 1. The van der Waals surface area contributed by atoms with Crippen LogP contribution < -0.4 is 10.9 Å². The summed E-state index contributed by atoms with van der Waals surface area (Å²) in [5.74, 6) is 0.340. The smallest absolute Gasteiger partial charge is 0.279 e. The number of hydrogen-bond donors (Lipinski definition) is 1. The monoisotopic (exact) mass is 354 g/mol. The summed E-state index contributed by atoms with van der Waals surface area (Å²) < 4.78 is 1.16. The van der Waals surface area contributed by atoms with Crippen LogP contribution in [-0.4, -0.2) is 20.9 Å². The number of aromatic nitrogens is 3. The van der Waals surface area contributed by atoms with Crippen LogP contribution in [0.2, 0.25) is 0 Å². The molecule has 3 aromatic rings. The number of hydrogen-bond acceptors (Lipinski definition) is 5. The van der Waals surface area contributed by atoms with E-state index in [1.165, 1.54) is 4.88 Å². The van der Waals surface area contributed by atoms with Crippen molar-refractivity contribution in [2.75, 3.05) is 5.32 Å². The van der Waals surface area contributed by atoms with E-state index < -0.39 is 0 Å². The molecular formula is C18H18N4O2S. The predicted octanol–water partition coefficient (Wildman–Crippen LogP) is 2.62. The van der Waals surface area contributed by atoms with Crippen LogP contribution in [0.4, 0.5) is 5.69 Å². The number of benzene rings is 1. The molecule has 1 aliphatic rings. The number of carbonyl (C=O) groups is 1. The van der Waals surface area contributed by atoms with Gasteiger partial charge in [0.2, 0.25) is 5.91 Å². The highest BCUT2D eigenvalue weighted by Gasteiger charge is 2.24. The first-order valence-electron chi connectivity index (χ1n) is 8.35. The molecule has 4 rings (SSSR count). The Morgan fingerprint density at radius 3 is 2.96 bits per heavy atom. The Bertz CT molecular complexity index is 993. The lowest BCUT2D eigenvalue weighted by atomic mass is 9.89. The standard InChI is InChI=1S/C18H18N4O2S/c1-11-7-8-13-14(9-11)25-17-16(13)18(24)22(21-20-17)10-15(23)19-12-5-3-2-4-6-12/h2-6,11H,7-10H2,1H3,(H,19,23)/t11-/m0/s1. The number of fused-ring (bicyclic) bond motifs is 3. The van der Waals surface area contributed by atoms with Gasteiger partial charge >= 0.3 is 0 Å². The van der Waals surface area contributed by atoms with Crippen LogP contribution in [0.1, 0.15) is 23.8 Å². The molecule has 6 nitrogen and oxygen atoms in total. The minimum Gasteiger partial charge on any atom is -0.324 e. The SMILES string of the molecule is C[C@H]1CCc2c(sc3nnn(CC(=O)Nc4ccccc4)c(=O)c23)C1. The molecule has 0 fully saturated rings. The van der Waals surface area contributed by atoms with E-state index in [0.717, 1.165) is 29.5 Å². The van der Waals surface area contributed by atoms with Crippen LogP contribution in [0.3, 0.4) is 0 Å². The summed E-state index contributed by atoms with van der Waals surface area (Å²) in [6.07, 6.45) is 2.97. The molecular weight excluding hydrogens is 336 g/mol. The highest BCUT2D eigenvalue weighted by Crippen LogP contribution is 2.35. The van der Waals surface area contributed by atoms with E-state index in [1.807, 2.05) is 18.2 Å². The van der Waals surface area contributed by atoms with Gasteiger partial charge in [-0.2, -0.15) is 0 Å². The topological polar surface area (TPSA) is 76.9 Å². The normalized spacial score (nSPS) is 16.6. The van der Waals surface area contributed by atoms with Crippen LogP contribution in [0.25, 0.3) is 10.2 Å². The van der Waals surface area contributed by atoms with E-state index in [4.69, 9.17) is 0 Å². The van der Waals surface area contributed by atoms with Crippen molar-refractivity contribution in [3.63, 3.8) is 0 Å². The quantitative estimate of drug-likeness (QED) is 0.784. The van der Waals surface area contributed by atoms with Crippen LogP contribution in [0.15, 0.2) is 35.1 Å². The predicted molar refractivity (Wildman–Crippen MR) is 97.9 cm³/mol. The van der Waals surface area contributed by atoms with E-state index in [-0.39, 0.29) is 18.0 Å². The van der Waals surface area contributed by atoms with Crippen molar-refractivity contribution in [1.82, 2.24) is 15.0 Å². The van der Waals surface area contributed by atoms with E-state index in [2.05, 4.69) is 22.6 Å². The van der Waals surface area contributed by atoms with Crippen molar-refractivity contribution in [2.24, 2.45) is 5.92 Å². The zero-order valence-electron chi connectivity index (χ0n) is 13.9. The van der Waals surface area contributed by atoms with Crippen LogP contribution in [0, 0.1) is 5.92 Å². The molecule has 1 atom stereocenters. The third kappa shape index (κ3) is 3.07. The molecule has 0 saturated carbocycles. The zero-order valence-corrected chi connectivity index (χ0v) is 14.7. The van der Waals surface area contributed by atoms with Gasteiger partial charge in [-0.15, -0.1) is 16.4 Å². The van der Waals surface area contributed by atoms with Gasteiger partial charge in [0, 0.05) is 10.6 Å². The van der Waals surface area contributed by atoms with E-state index >= 15 is 0 Å². The number of para-hydroxylation sites is 1. The van der Waals surface area contributed by atoms with Crippen LogP contribution in [-0.2, 0) is 24.2 Å². The first-order valence-corrected chi connectivity index (χ1v) is 9.16. The highest BCUT2D eigenvalue weighted by molar-refractivity contribution is 7.18. The van der Waals surface area contributed by atoms with E-state index in [1.54, 1.807) is 23.5 Å². The molecule has 2 aromatic heterocycles. The average molecular weight is 354 g/mol. The Hall–Kier alpha value is -2.54. The number of amides is 1. The fraction of sp³-hybridized carbons (Fsp3) is 0.333. The fourth-order valence-electron chi connectivity index (χ4n) is 3.25. The Morgan fingerprint density at radius 2 is 2.16 bits per heavy atom. The summed E-state index contributed by atoms with van der Waals surface area (Å²) >= 11 is 1.56. The molecule has 0 spiro atoms. The summed E-state index contributed by atoms with van der Waals surface area (Å²) in [7, 11) is 0. The summed E-state index contributed by atoms with van der Waals surface area (Å²) in [4.78, 5) is 26.9. The number of nitrogens with one attached hydrogen (secondary N) is 1. The summed E-state index contributed by atoms with van der Waals surface area (Å²) in [6.45, 7) is 2.09. The lowest BCUT2D eigenvalue weighted by Gasteiger charge is -2.17. The van der Waals surface area contributed by atoms with Gasteiger partial charge < -0.3 is 5.32 Å². The second kappa shape index (κ2) is 6.40. The van der Waals surface area contributed by atoms with Gasteiger partial charge in [0.15, 0.2) is 4.83 Å². The van der Waals surface area contributed by atoms with Crippen molar-refractivity contribution >= 4 is 33.1 Å². The third-order valence-electron chi connectivity index (χ3n) is 4.54. The molecule has 1 amide bonds. The molecule has 1 aliphatic carbocycles. The van der Waals surface area contributed by atoms with Gasteiger partial charge in [-0.25, -0.2) is 4.68 Å². The van der Waals surface area contributed by atoms with Crippen LogP contribution in [0.5, 0.6) is 0 Å². The lowest BCUT2D eigenvalue weighted by Crippen LogP contribution is -2.30. The van der Waals surface area contributed by atoms with Gasteiger partial charge in [-0.1, -0.05) is 30.3 Å². The van der Waals surface area contributed by atoms with Gasteiger partial charge in [0.1, 0.15) is 6.54 Å². The largest absolute Gasteiger partial charge is 0.324 e. The minimum absolute atomic E-state index is 0.141. The van der Waals surface area contributed by atoms with Gasteiger partial charge in [0.25, 0.3) is 5.56 Å². The molecule has 0 saturated heterocycles. The van der Waals surface area contributed by atoms with Gasteiger partial charge in [0.05, 0.1) is 5.39 Å². The maximum absolute atomic E-state index is 12.8. The van der Waals surface area contributed by atoms with Crippen molar-refractivity contribution in [3.8, 4) is 0 Å². The second-order valence-corrected chi connectivity index (χ2v) is 7.58. The number of anilines is 1. The molecule has 1 N–H and O–H groups in total. The first kappa shape index (κ1) is 16.0. The van der Waals surface area contributed by atoms with Crippen LogP contribution >= 0.6 is 11.3 Å². The molecule has 0 radical (unpaired) electrons. The fourth-order valence-corrected chi connectivity index (χ4v) is 4.57. The van der Waals surface area contributed by atoms with Crippen molar-refractivity contribution in [2.45, 2.75) is 32.7 Å². The first-order chi connectivity index (χ1) is 12.1. The minimum atomic E-state index is -0.292. The highest BCUT2D eigenvalue weighted by atomic mass is 32.1. The molecule has 1 aromatic carbocycles. The lowest BCUT2D eigenvalue weighted by molar-refractivity contribution is -0.117. The van der Waals surface area contributed by atoms with Gasteiger partial charge in [-0.3, -0.25) is 9.59 Å². The Kier molecular flexibility index (Phi) is 4.09. The number of nitrogens with zero attached hydrogens (tertiary/aromatic N) is 3. The molecule has 128 valence electrons. The van der Waals surface area contributed by atoms with E-state index in [9.17, 15) is 9.59 Å². The molecule has 25 heavy (non-hydrogen) atoms. The van der Waals surface area contributed by atoms with Gasteiger partial charge in [-0.05, 0) is 42.9 Å². The van der Waals surface area contributed by atoms with Crippen molar-refractivity contribution in [3.05, 3.63) is 51.1 Å². The number of aryl methyl sites for hydroxylation is 1. The maximum Gasteiger partial charge on any atom is 0.279 e. The van der Waals surface area contributed by atoms with E-state index in [0.29, 0.717) is 21.8 Å². The third-order valence-corrected chi connectivity index (χ3v) is 5.67. The summed E-state index contributed by atoms with van der Waals surface area (Å²) in [5.41, 5.74) is 1.58. The maximum atomic E-state index is 12.8. The zero-order chi connectivity index (χ0) is 17.4. The molecule has 0 bridgehead atoms. The summed E-state index contributed by atoms with van der Waals surface area (Å²) in [5, 5.41) is 11.5. The second-order valence-electron chi connectivity index (χ2n) is 6.50. The molecule has 0 aliphatic heterocycles. The Balaban J connectivity index is 1.63. The summed E-state index contributed by atoms with van der Waals surface area (Å²) in [6, 6.07) is 9.15. The Labute approximate surface area is 148 Å².